The van der Waals surface area contributed by atoms with Crippen LogP contribution in [0.25, 0.3) is 0 Å². The number of aryl methyl sites for hydroxylation is 1. The van der Waals surface area contributed by atoms with Crippen LogP contribution in [-0.4, -0.2) is 15.9 Å². The van der Waals surface area contributed by atoms with Gasteiger partial charge in [-0.15, -0.1) is 0 Å². The van der Waals surface area contributed by atoms with E-state index in [4.69, 9.17) is 17.3 Å². The molecule has 0 saturated heterocycles. The number of hydrogen-bond donors (Lipinski definition) is 3. The summed E-state index contributed by atoms with van der Waals surface area (Å²) in [5, 5.41) is 2.71. The number of halogens is 2. The van der Waals surface area contributed by atoms with E-state index in [1.165, 1.54) is 24.3 Å². The van der Waals surface area contributed by atoms with E-state index in [9.17, 15) is 9.18 Å². The summed E-state index contributed by atoms with van der Waals surface area (Å²) in [6, 6.07) is 5.47. The second kappa shape index (κ2) is 7.04. The van der Waals surface area contributed by atoms with Crippen molar-refractivity contribution in [1.82, 2.24) is 9.97 Å². The van der Waals surface area contributed by atoms with Gasteiger partial charge in [-0.1, -0.05) is 24.9 Å². The van der Waals surface area contributed by atoms with Gasteiger partial charge in [-0.3, -0.25) is 9.78 Å². The second-order valence-corrected chi connectivity index (χ2v) is 4.97. The third kappa shape index (κ3) is 4.29. The van der Waals surface area contributed by atoms with Crippen molar-refractivity contribution in [3.63, 3.8) is 0 Å². The SMILES string of the molecule is CCCc1cc(=O)[nH]c(N=C(N)Nc2ccc(F)c(Cl)c2)n1. The number of aliphatic imine (C=N–C) groups is 1. The average molecular weight is 324 g/mol. The molecule has 0 fully saturated rings. The van der Waals surface area contributed by atoms with Gasteiger partial charge < -0.3 is 11.1 Å². The van der Waals surface area contributed by atoms with Crippen molar-refractivity contribution < 1.29 is 4.39 Å². The van der Waals surface area contributed by atoms with Crippen LogP contribution in [0.4, 0.5) is 16.0 Å². The van der Waals surface area contributed by atoms with Crippen molar-refractivity contribution in [3.8, 4) is 0 Å². The van der Waals surface area contributed by atoms with Crippen molar-refractivity contribution in [2.24, 2.45) is 10.7 Å². The van der Waals surface area contributed by atoms with Crippen LogP contribution in [0, 0.1) is 5.82 Å². The van der Waals surface area contributed by atoms with Gasteiger partial charge in [-0.2, -0.15) is 4.99 Å². The Morgan fingerprint density at radius 1 is 1.50 bits per heavy atom. The minimum absolute atomic E-state index is 0.000488. The van der Waals surface area contributed by atoms with E-state index in [-0.39, 0.29) is 22.5 Å². The average Bonchev–Trinajstić information content (AvgIpc) is 2.42. The van der Waals surface area contributed by atoms with E-state index in [0.29, 0.717) is 17.8 Å². The van der Waals surface area contributed by atoms with E-state index < -0.39 is 5.82 Å². The van der Waals surface area contributed by atoms with Crippen LogP contribution in [0.15, 0.2) is 34.1 Å². The number of H-pyrrole nitrogens is 1. The predicted octanol–water partition coefficient (Wildman–Crippen LogP) is 2.57. The summed E-state index contributed by atoms with van der Waals surface area (Å²) in [4.78, 5) is 22.2. The number of hydrogen-bond acceptors (Lipinski definition) is 3. The van der Waals surface area contributed by atoms with Gasteiger partial charge in [0.2, 0.25) is 11.9 Å². The Kier molecular flexibility index (Phi) is 5.11. The molecule has 2 rings (SSSR count). The summed E-state index contributed by atoms with van der Waals surface area (Å²) < 4.78 is 13.1. The zero-order valence-corrected chi connectivity index (χ0v) is 12.6. The molecule has 0 radical (unpaired) electrons. The monoisotopic (exact) mass is 323 g/mol. The zero-order valence-electron chi connectivity index (χ0n) is 11.9. The van der Waals surface area contributed by atoms with E-state index in [0.717, 1.165) is 6.42 Å². The van der Waals surface area contributed by atoms with Crippen LogP contribution in [-0.2, 0) is 6.42 Å². The molecule has 6 nitrogen and oxygen atoms in total. The summed E-state index contributed by atoms with van der Waals surface area (Å²) in [7, 11) is 0. The van der Waals surface area contributed by atoms with Crippen LogP contribution in [0.3, 0.4) is 0 Å². The zero-order chi connectivity index (χ0) is 16.1. The maximum atomic E-state index is 13.1. The highest BCUT2D eigenvalue weighted by Crippen LogP contribution is 2.19. The minimum Gasteiger partial charge on any atom is -0.369 e. The minimum atomic E-state index is -0.527. The van der Waals surface area contributed by atoms with Gasteiger partial charge in [0.15, 0.2) is 0 Å². The predicted molar refractivity (Wildman–Crippen MR) is 85.2 cm³/mol. The first-order chi connectivity index (χ1) is 10.5. The number of rotatable bonds is 4. The van der Waals surface area contributed by atoms with Crippen molar-refractivity contribution in [1.29, 1.82) is 0 Å². The Balaban J connectivity index is 2.21. The molecule has 0 spiro atoms. The molecule has 116 valence electrons. The molecule has 8 heteroatoms. The van der Waals surface area contributed by atoms with Crippen molar-refractivity contribution in [3.05, 3.63) is 51.2 Å². The highest BCUT2D eigenvalue weighted by molar-refractivity contribution is 6.31. The summed E-state index contributed by atoms with van der Waals surface area (Å²) in [5.41, 5.74) is 6.56. The first kappa shape index (κ1) is 16.0. The molecule has 0 bridgehead atoms. The van der Waals surface area contributed by atoms with Crippen molar-refractivity contribution >= 4 is 29.2 Å². The summed E-state index contributed by atoms with van der Waals surface area (Å²) in [6.45, 7) is 1.99. The van der Waals surface area contributed by atoms with Gasteiger partial charge in [0.25, 0.3) is 5.56 Å². The lowest BCUT2D eigenvalue weighted by Gasteiger charge is -2.06. The number of nitrogens with zero attached hydrogens (tertiary/aromatic N) is 2. The Morgan fingerprint density at radius 3 is 2.95 bits per heavy atom. The number of guanidine groups is 1. The molecule has 0 aliphatic carbocycles. The van der Waals surface area contributed by atoms with Gasteiger partial charge in [0.1, 0.15) is 5.82 Å². The van der Waals surface area contributed by atoms with Crippen LogP contribution >= 0.6 is 11.6 Å². The number of benzene rings is 1. The first-order valence-corrected chi connectivity index (χ1v) is 7.02. The molecule has 0 saturated carbocycles. The van der Waals surface area contributed by atoms with Gasteiger partial charge in [-0.25, -0.2) is 9.37 Å². The summed E-state index contributed by atoms with van der Waals surface area (Å²) >= 11 is 5.68. The molecule has 0 atom stereocenters. The smallest absolute Gasteiger partial charge is 0.252 e. The molecule has 4 N–H and O–H groups in total. The molecular weight excluding hydrogens is 309 g/mol. The standard InChI is InChI=1S/C14H15ClFN5O/c1-2-3-8-7-12(22)20-14(19-8)21-13(17)18-9-4-5-11(16)10(15)6-9/h4-7H,2-3H2,1H3,(H4,17,18,19,20,21,22). The van der Waals surface area contributed by atoms with E-state index >= 15 is 0 Å². The number of aromatic amines is 1. The quantitative estimate of drug-likeness (QED) is 0.595. The summed E-state index contributed by atoms with van der Waals surface area (Å²) in [5.74, 6) is -0.422. The Bertz CT molecular complexity index is 759. The molecule has 2 aromatic rings. The normalized spacial score (nSPS) is 11.5. The Morgan fingerprint density at radius 2 is 2.27 bits per heavy atom. The number of nitrogens with one attached hydrogen (secondary N) is 2. The van der Waals surface area contributed by atoms with Gasteiger partial charge in [0, 0.05) is 17.4 Å². The molecule has 0 aliphatic heterocycles. The van der Waals surface area contributed by atoms with E-state index in [2.05, 4.69) is 20.3 Å². The number of nitrogens with two attached hydrogens (primary N) is 1. The van der Waals surface area contributed by atoms with Gasteiger partial charge in [0.05, 0.1) is 5.02 Å². The van der Waals surface area contributed by atoms with Gasteiger partial charge >= 0.3 is 0 Å². The number of anilines is 1. The maximum Gasteiger partial charge on any atom is 0.252 e. The molecule has 0 unspecified atom stereocenters. The topological polar surface area (TPSA) is 96.2 Å². The summed E-state index contributed by atoms with van der Waals surface area (Å²) in [6.07, 6.45) is 1.54. The molecule has 0 aliphatic rings. The highest BCUT2D eigenvalue weighted by atomic mass is 35.5. The Labute approximate surface area is 131 Å². The second-order valence-electron chi connectivity index (χ2n) is 4.56. The molecule has 1 aromatic heterocycles. The Hall–Kier alpha value is -2.41. The lowest BCUT2D eigenvalue weighted by Crippen LogP contribution is -2.22. The van der Waals surface area contributed by atoms with Crippen LogP contribution in [0.2, 0.25) is 5.02 Å². The van der Waals surface area contributed by atoms with Crippen molar-refractivity contribution in [2.45, 2.75) is 19.8 Å². The van der Waals surface area contributed by atoms with E-state index in [1.54, 1.807) is 0 Å². The fourth-order valence-electron chi connectivity index (χ4n) is 1.79. The maximum absolute atomic E-state index is 13.1. The van der Waals surface area contributed by atoms with Crippen LogP contribution < -0.4 is 16.6 Å². The van der Waals surface area contributed by atoms with Crippen LogP contribution in [0.1, 0.15) is 19.0 Å². The first-order valence-electron chi connectivity index (χ1n) is 6.64. The third-order valence-corrected chi connectivity index (χ3v) is 3.00. The molecule has 22 heavy (non-hydrogen) atoms. The number of aromatic nitrogens is 2. The highest BCUT2D eigenvalue weighted by Gasteiger charge is 2.04. The van der Waals surface area contributed by atoms with E-state index in [1.807, 2.05) is 6.92 Å². The fourth-order valence-corrected chi connectivity index (χ4v) is 1.98. The van der Waals surface area contributed by atoms with Gasteiger partial charge in [-0.05, 0) is 24.6 Å². The van der Waals surface area contributed by atoms with Crippen LogP contribution in [0.5, 0.6) is 0 Å². The van der Waals surface area contributed by atoms with Crippen molar-refractivity contribution in [2.75, 3.05) is 5.32 Å². The third-order valence-electron chi connectivity index (χ3n) is 2.71. The lowest BCUT2D eigenvalue weighted by atomic mass is 10.2. The fraction of sp³-hybridized carbons (Fsp3) is 0.214. The largest absolute Gasteiger partial charge is 0.369 e. The molecule has 0 amide bonds. The molecule has 1 heterocycles. The lowest BCUT2D eigenvalue weighted by molar-refractivity contribution is 0.628. The molecular formula is C14H15ClFN5O. The molecule has 1 aromatic carbocycles.